The predicted octanol–water partition coefficient (Wildman–Crippen LogP) is 4.11. The molecule has 0 spiro atoms. The Balaban J connectivity index is 1.38. The summed E-state index contributed by atoms with van der Waals surface area (Å²) in [5.74, 6) is -0.374. The maximum Gasteiger partial charge on any atom is 0.390 e. The van der Waals surface area contributed by atoms with Crippen molar-refractivity contribution < 1.29 is 22.8 Å². The number of aliphatic imine (C=N–C) groups is 1. The minimum absolute atomic E-state index is 0.0644. The Morgan fingerprint density at radius 1 is 1.17 bits per heavy atom. The van der Waals surface area contributed by atoms with E-state index >= 15 is 0 Å². The van der Waals surface area contributed by atoms with Gasteiger partial charge in [-0.25, -0.2) is 4.99 Å². The number of allylic oxidation sites excluding steroid dienone is 2. The third-order valence-electron chi connectivity index (χ3n) is 8.01. The van der Waals surface area contributed by atoms with Gasteiger partial charge in [-0.2, -0.15) is 18.3 Å². The lowest BCUT2D eigenvalue weighted by Gasteiger charge is -2.45. The molecule has 1 saturated carbocycles. The molecule has 10 heteroatoms. The van der Waals surface area contributed by atoms with Crippen LogP contribution in [0.4, 0.5) is 13.2 Å². The van der Waals surface area contributed by atoms with Gasteiger partial charge < -0.3 is 4.90 Å². The summed E-state index contributed by atoms with van der Waals surface area (Å²) in [7, 11) is 0. The van der Waals surface area contributed by atoms with Crippen molar-refractivity contribution in [1.29, 1.82) is 0 Å². The first kappa shape index (κ1) is 24.9. The quantitative estimate of drug-likeness (QED) is 0.607. The molecule has 0 N–H and O–H groups in total. The summed E-state index contributed by atoms with van der Waals surface area (Å²) in [6.07, 6.45) is 3.73. The number of aromatic nitrogens is 2. The number of amides is 2. The third kappa shape index (κ3) is 4.67. The molecule has 1 aromatic rings. The van der Waals surface area contributed by atoms with Gasteiger partial charge in [0.2, 0.25) is 5.91 Å². The standard InChI is InChI=1S/C26H32F3N5O2/c1-15-9-22-20(23-21(24(35)31-22)11-30-34(23)14-18-5-4-6-18)10-19(15)25(36)33-13-16(2)32(12-17(33)3)8-7-26(27,28)29/h9-11,16-19H,4-8,12-14H2,1-3H3/t16-,17+,19?/m1/s1. The molecule has 3 heterocycles. The third-order valence-corrected chi connectivity index (χ3v) is 8.01. The van der Waals surface area contributed by atoms with Crippen LogP contribution in [-0.2, 0) is 11.3 Å². The lowest BCUT2D eigenvalue weighted by Crippen LogP contribution is -2.59. The SMILES string of the molecule is CC1=CC2=NC(=O)c3cnn(CC4CCC4)c3C2=CC1C(=O)N1C[C@@H](C)N(CCC(F)(F)F)C[C@@H]1C. The van der Waals surface area contributed by atoms with E-state index < -0.39 is 18.5 Å². The van der Waals surface area contributed by atoms with Gasteiger partial charge in [-0.05, 0) is 45.6 Å². The Morgan fingerprint density at radius 3 is 2.58 bits per heavy atom. The second-order valence-corrected chi connectivity index (χ2v) is 10.7. The molecule has 1 unspecified atom stereocenters. The lowest BCUT2D eigenvalue weighted by molar-refractivity contribution is -0.147. The molecule has 2 aliphatic carbocycles. The van der Waals surface area contributed by atoms with Gasteiger partial charge >= 0.3 is 6.18 Å². The summed E-state index contributed by atoms with van der Waals surface area (Å²) in [6.45, 7) is 7.06. The van der Waals surface area contributed by atoms with E-state index in [2.05, 4.69) is 10.1 Å². The fraction of sp³-hybridized carbons (Fsp3) is 0.615. The molecule has 2 amide bonds. The summed E-state index contributed by atoms with van der Waals surface area (Å²) in [6, 6.07) is -0.385. The van der Waals surface area contributed by atoms with Gasteiger partial charge in [0.1, 0.15) is 0 Å². The van der Waals surface area contributed by atoms with Crippen molar-refractivity contribution in [3.8, 4) is 0 Å². The highest BCUT2D eigenvalue weighted by atomic mass is 19.4. The van der Waals surface area contributed by atoms with Crippen molar-refractivity contribution in [1.82, 2.24) is 19.6 Å². The van der Waals surface area contributed by atoms with Gasteiger partial charge in [-0.3, -0.25) is 19.2 Å². The first-order valence-electron chi connectivity index (χ1n) is 12.7. The fourth-order valence-electron chi connectivity index (χ4n) is 5.65. The zero-order chi connectivity index (χ0) is 25.8. The maximum atomic E-state index is 13.8. The summed E-state index contributed by atoms with van der Waals surface area (Å²) in [5, 5.41) is 4.48. The first-order valence-corrected chi connectivity index (χ1v) is 12.7. The minimum Gasteiger partial charge on any atom is -0.336 e. The molecule has 2 fully saturated rings. The number of piperazine rings is 1. The molecule has 194 valence electrons. The maximum absolute atomic E-state index is 13.8. The Hall–Kier alpha value is -2.75. The van der Waals surface area contributed by atoms with Crippen LogP contribution in [0.2, 0.25) is 0 Å². The summed E-state index contributed by atoms with van der Waals surface area (Å²) < 4.78 is 40.1. The fourth-order valence-corrected chi connectivity index (χ4v) is 5.65. The van der Waals surface area contributed by atoms with Crippen molar-refractivity contribution in [2.75, 3.05) is 19.6 Å². The number of carbonyl (C=O) groups excluding carboxylic acids is 2. The van der Waals surface area contributed by atoms with Crippen LogP contribution in [0.3, 0.4) is 0 Å². The average molecular weight is 504 g/mol. The van der Waals surface area contributed by atoms with Gasteiger partial charge in [0.25, 0.3) is 5.91 Å². The van der Waals surface area contributed by atoms with Crippen molar-refractivity contribution in [2.45, 2.75) is 71.3 Å². The highest BCUT2D eigenvalue weighted by Crippen LogP contribution is 2.37. The molecule has 1 saturated heterocycles. The molecule has 2 aliphatic heterocycles. The molecule has 3 atom stereocenters. The number of hydrogen-bond donors (Lipinski definition) is 0. The Bertz CT molecular complexity index is 1160. The smallest absolute Gasteiger partial charge is 0.336 e. The number of alkyl halides is 3. The van der Waals surface area contributed by atoms with Crippen molar-refractivity contribution >= 4 is 23.1 Å². The number of hydrogen-bond acceptors (Lipinski definition) is 4. The van der Waals surface area contributed by atoms with Gasteiger partial charge in [0, 0.05) is 43.8 Å². The molecule has 0 bridgehead atoms. The van der Waals surface area contributed by atoms with Gasteiger partial charge in [-0.15, -0.1) is 0 Å². The van der Waals surface area contributed by atoms with E-state index in [1.807, 2.05) is 42.5 Å². The van der Waals surface area contributed by atoms with Gasteiger partial charge in [-0.1, -0.05) is 18.1 Å². The van der Waals surface area contributed by atoms with Crippen LogP contribution < -0.4 is 0 Å². The van der Waals surface area contributed by atoms with E-state index in [-0.39, 0.29) is 30.4 Å². The molecule has 36 heavy (non-hydrogen) atoms. The topological polar surface area (TPSA) is 70.8 Å². The van der Waals surface area contributed by atoms with Crippen molar-refractivity contribution in [3.05, 3.63) is 35.2 Å². The van der Waals surface area contributed by atoms with Crippen molar-refractivity contribution in [3.63, 3.8) is 0 Å². The summed E-state index contributed by atoms with van der Waals surface area (Å²) in [5.41, 5.74) is 3.31. The van der Waals surface area contributed by atoms with Crippen LogP contribution in [0.5, 0.6) is 0 Å². The average Bonchev–Trinajstić information content (AvgIpc) is 3.20. The van der Waals surface area contributed by atoms with E-state index in [0.29, 0.717) is 30.3 Å². The number of rotatable bonds is 5. The highest BCUT2D eigenvalue weighted by Gasteiger charge is 2.39. The lowest BCUT2D eigenvalue weighted by atomic mass is 9.83. The van der Waals surface area contributed by atoms with Gasteiger partial charge in [0.15, 0.2) is 0 Å². The number of halogens is 3. The minimum atomic E-state index is -4.20. The Morgan fingerprint density at radius 2 is 1.92 bits per heavy atom. The van der Waals surface area contributed by atoms with E-state index in [0.717, 1.165) is 36.2 Å². The van der Waals surface area contributed by atoms with Crippen LogP contribution in [0.25, 0.3) is 5.57 Å². The second-order valence-electron chi connectivity index (χ2n) is 10.7. The van der Waals surface area contributed by atoms with E-state index in [1.54, 1.807) is 11.1 Å². The second kappa shape index (κ2) is 9.28. The zero-order valence-electron chi connectivity index (χ0n) is 20.9. The normalized spacial score (nSPS) is 27.1. The van der Waals surface area contributed by atoms with E-state index in [9.17, 15) is 22.8 Å². The van der Waals surface area contributed by atoms with Gasteiger partial charge in [0.05, 0.1) is 35.5 Å². The molecule has 7 nitrogen and oxygen atoms in total. The monoisotopic (exact) mass is 503 g/mol. The molecule has 0 radical (unpaired) electrons. The summed E-state index contributed by atoms with van der Waals surface area (Å²) >= 11 is 0. The molecule has 1 aromatic heterocycles. The number of nitrogens with zero attached hydrogens (tertiary/aromatic N) is 5. The zero-order valence-corrected chi connectivity index (χ0v) is 20.9. The Kier molecular flexibility index (Phi) is 6.43. The van der Waals surface area contributed by atoms with Crippen LogP contribution in [0, 0.1) is 11.8 Å². The first-order chi connectivity index (χ1) is 17.0. The van der Waals surface area contributed by atoms with Crippen LogP contribution in [0.1, 0.15) is 62.5 Å². The molecule has 5 rings (SSSR count). The van der Waals surface area contributed by atoms with Crippen LogP contribution in [-0.4, -0.2) is 75.0 Å². The molecular formula is C26H32F3N5O2. The highest BCUT2D eigenvalue weighted by molar-refractivity contribution is 6.36. The van der Waals surface area contributed by atoms with E-state index in [1.165, 1.54) is 6.42 Å². The molecule has 4 aliphatic rings. The van der Waals surface area contributed by atoms with Crippen LogP contribution in [0.15, 0.2) is 28.9 Å². The number of fused-ring (bicyclic) bond motifs is 3. The number of carbonyl (C=O) groups is 2. The Labute approximate surface area is 208 Å². The molecule has 0 aromatic carbocycles. The van der Waals surface area contributed by atoms with E-state index in [4.69, 9.17) is 0 Å². The predicted molar refractivity (Wildman–Crippen MR) is 129 cm³/mol. The summed E-state index contributed by atoms with van der Waals surface area (Å²) in [4.78, 5) is 34.3. The molecular weight excluding hydrogens is 471 g/mol. The van der Waals surface area contributed by atoms with Crippen molar-refractivity contribution in [2.24, 2.45) is 16.8 Å². The largest absolute Gasteiger partial charge is 0.390 e. The van der Waals surface area contributed by atoms with Crippen LogP contribution >= 0.6 is 0 Å².